The maximum absolute atomic E-state index is 13.9. The molecule has 4 aliphatic rings. The van der Waals surface area contributed by atoms with Gasteiger partial charge in [-0.1, -0.05) is 36.4 Å². The Hall–Kier alpha value is -3.94. The fourth-order valence-corrected chi connectivity index (χ4v) is 8.23. The number of aromatic amines is 1. The number of Topliss-reactive ketones (excluding diaryl/α,β-unsaturated/α-hetero) is 1. The number of aliphatic imine (C=N–C) groups is 1. The number of hydrogen-bond donors (Lipinski definition) is 3. The van der Waals surface area contributed by atoms with Crippen molar-refractivity contribution in [1.29, 1.82) is 0 Å². The van der Waals surface area contributed by atoms with Crippen molar-refractivity contribution in [2.75, 3.05) is 6.54 Å². The minimum atomic E-state index is -1.23. The second-order valence-corrected chi connectivity index (χ2v) is 13.7. The number of carbonyl (C=O) groups excluding carboxylic acids is 3. The van der Waals surface area contributed by atoms with E-state index in [4.69, 9.17) is 4.74 Å². The summed E-state index contributed by atoms with van der Waals surface area (Å²) < 4.78 is 6.16. The number of fused-ring (bicyclic) bond motifs is 1. The lowest BCUT2D eigenvalue weighted by Crippen LogP contribution is -2.60. The molecule has 1 atom stereocenters. The minimum Gasteiger partial charge on any atom is -0.446 e. The van der Waals surface area contributed by atoms with Gasteiger partial charge in [0.1, 0.15) is 17.4 Å². The highest BCUT2D eigenvalue weighted by Crippen LogP contribution is 2.54. The Kier molecular flexibility index (Phi) is 8.61. The quantitative estimate of drug-likeness (QED) is 0.221. The standard InChI is InChI=1S/C36H44N4O4/c1-22(14-23(2)41)39-31-10-6-4-8-26(31)12-13-37-34(42)36(3,20-29-21-38-32-11-7-5-9-30(29)32)40-35(43)44-33-27-16-24-15-25(18-27)19-28(33)17-24/h4-11,21,24-25,27-28,33,38H,12-20H2,1-3H3,(H,37,42)(H,40,43). The Morgan fingerprint density at radius 2 is 1.61 bits per heavy atom. The van der Waals surface area contributed by atoms with E-state index in [0.29, 0.717) is 37.6 Å². The zero-order chi connectivity index (χ0) is 30.8. The Bertz CT molecular complexity index is 1550. The second-order valence-electron chi connectivity index (χ2n) is 13.7. The SMILES string of the molecule is CC(=O)CC(C)=Nc1ccccc1CCNC(=O)C(C)(Cc1c[nH]c2ccccc12)NC(=O)OC1C2CC3CC(C2)CC1C3. The first-order valence-electron chi connectivity index (χ1n) is 16.1. The van der Waals surface area contributed by atoms with Gasteiger partial charge in [-0.3, -0.25) is 14.6 Å². The third-order valence-corrected chi connectivity index (χ3v) is 9.97. The van der Waals surface area contributed by atoms with Gasteiger partial charge in [0.15, 0.2) is 0 Å². The van der Waals surface area contributed by atoms with E-state index in [9.17, 15) is 14.4 Å². The summed E-state index contributed by atoms with van der Waals surface area (Å²) in [5.41, 5.74) is 3.22. The summed E-state index contributed by atoms with van der Waals surface area (Å²) in [5.74, 6) is 2.25. The predicted molar refractivity (Wildman–Crippen MR) is 172 cm³/mol. The van der Waals surface area contributed by atoms with Crippen molar-refractivity contribution >= 4 is 40.1 Å². The number of carbonyl (C=O) groups is 3. The second kappa shape index (κ2) is 12.6. The molecule has 2 aromatic carbocycles. The molecule has 3 aromatic rings. The Balaban J connectivity index is 1.16. The maximum Gasteiger partial charge on any atom is 0.408 e. The Morgan fingerprint density at radius 1 is 0.932 bits per heavy atom. The smallest absolute Gasteiger partial charge is 0.408 e. The topological polar surface area (TPSA) is 113 Å². The van der Waals surface area contributed by atoms with E-state index in [2.05, 4.69) is 20.6 Å². The lowest BCUT2D eigenvalue weighted by Gasteiger charge is -2.53. The molecule has 0 radical (unpaired) electrons. The van der Waals surface area contributed by atoms with Crippen molar-refractivity contribution in [3.8, 4) is 0 Å². The minimum absolute atomic E-state index is 0.0632. The number of nitrogens with zero attached hydrogens (tertiary/aromatic N) is 1. The van der Waals surface area contributed by atoms with E-state index >= 15 is 0 Å². The van der Waals surface area contributed by atoms with Crippen LogP contribution in [0, 0.1) is 23.7 Å². The van der Waals surface area contributed by atoms with E-state index in [0.717, 1.165) is 70.9 Å². The van der Waals surface area contributed by atoms with E-state index in [-0.39, 0.29) is 17.8 Å². The number of alkyl carbamates (subject to hydrolysis) is 1. The first-order valence-corrected chi connectivity index (χ1v) is 16.1. The molecule has 0 saturated heterocycles. The van der Waals surface area contributed by atoms with Crippen molar-refractivity contribution in [3.05, 3.63) is 65.9 Å². The summed E-state index contributed by atoms with van der Waals surface area (Å²) in [6.07, 6.45) is 8.45. The first-order chi connectivity index (χ1) is 21.2. The van der Waals surface area contributed by atoms with Crippen molar-refractivity contribution in [1.82, 2.24) is 15.6 Å². The van der Waals surface area contributed by atoms with Crippen LogP contribution in [0.3, 0.4) is 0 Å². The molecule has 1 heterocycles. The summed E-state index contributed by atoms with van der Waals surface area (Å²) in [4.78, 5) is 46.9. The molecule has 3 N–H and O–H groups in total. The highest BCUT2D eigenvalue weighted by molar-refractivity contribution is 6.00. The molecule has 8 heteroatoms. The number of ketones is 1. The Labute approximate surface area is 259 Å². The fourth-order valence-electron chi connectivity index (χ4n) is 8.23. The molecule has 4 fully saturated rings. The molecule has 1 unspecified atom stereocenters. The van der Waals surface area contributed by atoms with Gasteiger partial charge >= 0.3 is 6.09 Å². The number of aromatic nitrogens is 1. The molecular formula is C36H44N4O4. The number of benzene rings is 2. The van der Waals surface area contributed by atoms with Gasteiger partial charge in [0.2, 0.25) is 5.91 Å². The maximum atomic E-state index is 13.9. The van der Waals surface area contributed by atoms with Gasteiger partial charge in [0.05, 0.1) is 5.69 Å². The van der Waals surface area contributed by atoms with Crippen LogP contribution < -0.4 is 10.6 Å². The van der Waals surface area contributed by atoms with E-state index in [1.54, 1.807) is 13.8 Å². The highest BCUT2D eigenvalue weighted by atomic mass is 16.6. The van der Waals surface area contributed by atoms with Gasteiger partial charge in [-0.25, -0.2) is 4.79 Å². The summed E-state index contributed by atoms with van der Waals surface area (Å²) >= 11 is 0. The molecule has 44 heavy (non-hydrogen) atoms. The highest BCUT2D eigenvalue weighted by Gasteiger charge is 2.50. The largest absolute Gasteiger partial charge is 0.446 e. The third kappa shape index (κ3) is 6.59. The van der Waals surface area contributed by atoms with Crippen LogP contribution in [0.2, 0.25) is 0 Å². The molecule has 4 bridgehead atoms. The molecule has 4 saturated carbocycles. The molecule has 0 spiro atoms. The molecule has 0 aliphatic heterocycles. The van der Waals surface area contributed by atoms with Crippen LogP contribution in [0.1, 0.15) is 70.4 Å². The van der Waals surface area contributed by atoms with E-state index < -0.39 is 11.6 Å². The summed E-state index contributed by atoms with van der Waals surface area (Å²) in [6, 6.07) is 15.7. The average molecular weight is 597 g/mol. The van der Waals surface area contributed by atoms with Crippen LogP contribution in [0.15, 0.2) is 59.7 Å². The van der Waals surface area contributed by atoms with Gasteiger partial charge in [-0.15, -0.1) is 0 Å². The summed E-state index contributed by atoms with van der Waals surface area (Å²) in [7, 11) is 0. The van der Waals surface area contributed by atoms with Gasteiger partial charge in [0.25, 0.3) is 0 Å². The fraction of sp³-hybridized carbons (Fsp3) is 0.500. The van der Waals surface area contributed by atoms with Crippen LogP contribution in [0.4, 0.5) is 10.5 Å². The van der Waals surface area contributed by atoms with Gasteiger partial charge in [-0.05, 0) is 106 Å². The third-order valence-electron chi connectivity index (χ3n) is 9.97. The number of H-pyrrole nitrogens is 1. The predicted octanol–water partition coefficient (Wildman–Crippen LogP) is 6.45. The molecule has 8 nitrogen and oxygen atoms in total. The van der Waals surface area contributed by atoms with Crippen molar-refractivity contribution in [2.24, 2.45) is 28.7 Å². The van der Waals surface area contributed by atoms with Gasteiger partial charge in [0, 0.05) is 42.2 Å². The summed E-state index contributed by atoms with van der Waals surface area (Å²) in [6.45, 7) is 5.56. The van der Waals surface area contributed by atoms with Crippen LogP contribution >= 0.6 is 0 Å². The number of nitrogens with one attached hydrogen (secondary N) is 3. The normalized spacial score (nSPS) is 25.4. The van der Waals surface area contributed by atoms with Crippen molar-refractivity contribution in [2.45, 2.75) is 83.8 Å². The molecular weight excluding hydrogens is 552 g/mol. The Morgan fingerprint density at radius 3 is 2.34 bits per heavy atom. The van der Waals surface area contributed by atoms with Crippen molar-refractivity contribution in [3.63, 3.8) is 0 Å². The van der Waals surface area contributed by atoms with Crippen molar-refractivity contribution < 1.29 is 19.1 Å². The number of rotatable bonds is 11. The molecule has 7 rings (SSSR count). The number of ether oxygens (including phenoxy) is 1. The summed E-state index contributed by atoms with van der Waals surface area (Å²) in [5, 5.41) is 7.13. The molecule has 1 aromatic heterocycles. The van der Waals surface area contributed by atoms with Crippen LogP contribution in [-0.2, 0) is 27.2 Å². The van der Waals surface area contributed by atoms with E-state index in [1.807, 2.05) is 61.7 Å². The first kappa shape index (κ1) is 30.1. The lowest BCUT2D eigenvalue weighted by molar-refractivity contribution is -0.127. The van der Waals surface area contributed by atoms with Gasteiger partial charge < -0.3 is 20.4 Å². The number of para-hydroxylation sites is 2. The average Bonchev–Trinajstić information content (AvgIpc) is 3.37. The van der Waals surface area contributed by atoms with Crippen LogP contribution in [0.5, 0.6) is 0 Å². The van der Waals surface area contributed by atoms with Crippen LogP contribution in [-0.4, -0.2) is 46.7 Å². The molecule has 232 valence electrons. The molecule has 4 aliphatic carbocycles. The van der Waals surface area contributed by atoms with Gasteiger partial charge in [-0.2, -0.15) is 0 Å². The molecule has 2 amide bonds. The number of hydrogen-bond acceptors (Lipinski definition) is 5. The van der Waals surface area contributed by atoms with E-state index in [1.165, 1.54) is 6.42 Å². The van der Waals surface area contributed by atoms with Crippen LogP contribution in [0.25, 0.3) is 10.9 Å². The lowest BCUT2D eigenvalue weighted by atomic mass is 9.55. The zero-order valence-corrected chi connectivity index (χ0v) is 26.0. The monoisotopic (exact) mass is 596 g/mol. The zero-order valence-electron chi connectivity index (χ0n) is 26.0. The number of amides is 2.